The van der Waals surface area contributed by atoms with E-state index in [1.807, 2.05) is 7.05 Å². The van der Waals surface area contributed by atoms with E-state index < -0.39 is 23.8 Å². The van der Waals surface area contributed by atoms with Gasteiger partial charge in [-0.2, -0.15) is 0 Å². The second kappa shape index (κ2) is 6.28. The van der Waals surface area contributed by atoms with E-state index in [-0.39, 0.29) is 17.6 Å². The summed E-state index contributed by atoms with van der Waals surface area (Å²) in [6.45, 7) is 0. The summed E-state index contributed by atoms with van der Waals surface area (Å²) < 4.78 is 23.5. The molecule has 2 heterocycles. The summed E-state index contributed by atoms with van der Waals surface area (Å²) >= 11 is 0. The Morgan fingerprint density at radius 2 is 1.91 bits per heavy atom. The quantitative estimate of drug-likeness (QED) is 0.797. The minimum atomic E-state index is -0.534. The molecule has 0 unspecified atom stereocenters. The SMILES string of the molecule is COC(=O)[C@@H]1[C@H]2CC[C@@H](C[C@H]1OC(=O)c1ccc(F)cc1)N2C. The molecular formula is C17H20FNO4. The van der Waals surface area contributed by atoms with Crippen LogP contribution in [0.3, 0.4) is 0 Å². The number of piperidine rings is 1. The molecule has 2 aliphatic rings. The van der Waals surface area contributed by atoms with Crippen LogP contribution in [0.15, 0.2) is 24.3 Å². The van der Waals surface area contributed by atoms with E-state index in [1.54, 1.807) is 0 Å². The molecule has 2 bridgehead atoms. The minimum absolute atomic E-state index is 0.0345. The molecule has 3 rings (SSSR count). The number of methoxy groups -OCH3 is 1. The van der Waals surface area contributed by atoms with Gasteiger partial charge in [-0.05, 0) is 44.2 Å². The number of esters is 2. The predicted molar refractivity (Wildman–Crippen MR) is 80.3 cm³/mol. The Balaban J connectivity index is 1.78. The van der Waals surface area contributed by atoms with Crippen molar-refractivity contribution in [3.8, 4) is 0 Å². The molecule has 0 amide bonds. The number of hydrogen-bond acceptors (Lipinski definition) is 5. The standard InChI is InChI=1S/C17H20FNO4/c1-19-12-7-8-13(19)15(17(21)22-2)14(9-12)23-16(20)10-3-5-11(18)6-4-10/h3-6,12-15H,7-9H2,1-2H3/t12-,13+,14+,15+/m0/s1. The summed E-state index contributed by atoms with van der Waals surface area (Å²) in [5.74, 6) is -1.77. The number of hydrogen-bond donors (Lipinski definition) is 0. The van der Waals surface area contributed by atoms with Crippen molar-refractivity contribution in [3.63, 3.8) is 0 Å². The Labute approximate surface area is 134 Å². The number of fused-ring (bicyclic) bond motifs is 2. The fraction of sp³-hybridized carbons (Fsp3) is 0.529. The van der Waals surface area contributed by atoms with Crippen LogP contribution in [0, 0.1) is 11.7 Å². The molecule has 23 heavy (non-hydrogen) atoms. The number of nitrogens with zero attached hydrogens (tertiary/aromatic N) is 1. The Kier molecular flexibility index (Phi) is 4.35. The molecule has 0 spiro atoms. The van der Waals surface area contributed by atoms with Crippen LogP contribution in [0.4, 0.5) is 4.39 Å². The van der Waals surface area contributed by atoms with Gasteiger partial charge >= 0.3 is 11.9 Å². The lowest BCUT2D eigenvalue weighted by molar-refractivity contribution is -0.156. The fourth-order valence-electron chi connectivity index (χ4n) is 3.78. The molecule has 0 saturated carbocycles. The summed E-state index contributed by atoms with van der Waals surface area (Å²) in [7, 11) is 3.35. The third-order valence-electron chi connectivity index (χ3n) is 5.03. The second-order valence-corrected chi connectivity index (χ2v) is 6.20. The van der Waals surface area contributed by atoms with E-state index in [9.17, 15) is 14.0 Å². The first-order valence-corrected chi connectivity index (χ1v) is 7.77. The largest absolute Gasteiger partial charge is 0.469 e. The summed E-state index contributed by atoms with van der Waals surface area (Å²) in [5, 5.41) is 0. The highest BCUT2D eigenvalue weighted by atomic mass is 19.1. The predicted octanol–water partition coefficient (Wildman–Crippen LogP) is 2.01. The average molecular weight is 321 g/mol. The van der Waals surface area contributed by atoms with Gasteiger partial charge in [0.2, 0.25) is 0 Å². The van der Waals surface area contributed by atoms with Crippen LogP contribution >= 0.6 is 0 Å². The Hall–Kier alpha value is -1.95. The van der Waals surface area contributed by atoms with Crippen molar-refractivity contribution >= 4 is 11.9 Å². The molecule has 5 nitrogen and oxygen atoms in total. The van der Waals surface area contributed by atoms with Gasteiger partial charge in [0, 0.05) is 18.5 Å². The monoisotopic (exact) mass is 321 g/mol. The van der Waals surface area contributed by atoms with Crippen molar-refractivity contribution in [1.82, 2.24) is 4.90 Å². The lowest BCUT2D eigenvalue weighted by atomic mass is 9.87. The summed E-state index contributed by atoms with van der Waals surface area (Å²) in [6.07, 6.45) is 1.98. The van der Waals surface area contributed by atoms with Gasteiger partial charge in [0.05, 0.1) is 12.7 Å². The minimum Gasteiger partial charge on any atom is -0.469 e. The van der Waals surface area contributed by atoms with Crippen molar-refractivity contribution in [3.05, 3.63) is 35.6 Å². The van der Waals surface area contributed by atoms with Gasteiger partial charge in [-0.15, -0.1) is 0 Å². The fourth-order valence-corrected chi connectivity index (χ4v) is 3.78. The van der Waals surface area contributed by atoms with Crippen LogP contribution in [0.1, 0.15) is 29.6 Å². The third-order valence-corrected chi connectivity index (χ3v) is 5.03. The van der Waals surface area contributed by atoms with Gasteiger partial charge in [-0.1, -0.05) is 0 Å². The van der Waals surface area contributed by atoms with E-state index in [0.717, 1.165) is 12.8 Å². The van der Waals surface area contributed by atoms with Gasteiger partial charge in [-0.25, -0.2) is 9.18 Å². The average Bonchev–Trinajstić information content (AvgIpc) is 2.78. The third kappa shape index (κ3) is 2.95. The van der Waals surface area contributed by atoms with Crippen LogP contribution in [-0.2, 0) is 14.3 Å². The van der Waals surface area contributed by atoms with Gasteiger partial charge in [0.15, 0.2) is 0 Å². The summed E-state index contributed by atoms with van der Waals surface area (Å²) in [5.41, 5.74) is 0.279. The molecule has 2 fully saturated rings. The normalized spacial score (nSPS) is 30.0. The molecule has 2 aliphatic heterocycles. The number of rotatable bonds is 3. The first-order valence-electron chi connectivity index (χ1n) is 7.77. The zero-order valence-electron chi connectivity index (χ0n) is 13.2. The zero-order valence-corrected chi connectivity index (χ0v) is 13.2. The number of carbonyl (C=O) groups is 2. The van der Waals surface area contributed by atoms with Crippen molar-refractivity contribution in [2.24, 2.45) is 5.92 Å². The van der Waals surface area contributed by atoms with E-state index in [4.69, 9.17) is 9.47 Å². The van der Waals surface area contributed by atoms with Crippen LogP contribution in [-0.4, -0.2) is 49.2 Å². The molecule has 2 saturated heterocycles. The Morgan fingerprint density at radius 3 is 2.57 bits per heavy atom. The van der Waals surface area contributed by atoms with Gasteiger partial charge in [0.1, 0.15) is 17.8 Å². The smallest absolute Gasteiger partial charge is 0.338 e. The molecule has 0 radical (unpaired) electrons. The van der Waals surface area contributed by atoms with Gasteiger partial charge in [-0.3, -0.25) is 9.69 Å². The van der Waals surface area contributed by atoms with Crippen molar-refractivity contribution in [1.29, 1.82) is 0 Å². The second-order valence-electron chi connectivity index (χ2n) is 6.20. The lowest BCUT2D eigenvalue weighted by Crippen LogP contribution is -2.53. The molecule has 4 atom stereocenters. The van der Waals surface area contributed by atoms with Gasteiger partial charge in [0.25, 0.3) is 0 Å². The van der Waals surface area contributed by atoms with E-state index in [0.29, 0.717) is 12.5 Å². The highest BCUT2D eigenvalue weighted by Crippen LogP contribution is 2.40. The van der Waals surface area contributed by atoms with Crippen LogP contribution in [0.2, 0.25) is 0 Å². The molecule has 1 aromatic rings. The number of halogens is 1. The maximum Gasteiger partial charge on any atom is 0.338 e. The van der Waals surface area contributed by atoms with Crippen LogP contribution in [0.25, 0.3) is 0 Å². The molecule has 0 aliphatic carbocycles. The van der Waals surface area contributed by atoms with Crippen molar-refractivity contribution in [2.45, 2.75) is 37.5 Å². The van der Waals surface area contributed by atoms with Crippen molar-refractivity contribution < 1.29 is 23.5 Å². The molecule has 6 heteroatoms. The van der Waals surface area contributed by atoms with Crippen LogP contribution < -0.4 is 0 Å². The molecule has 0 aromatic heterocycles. The molecule has 1 aromatic carbocycles. The highest BCUT2D eigenvalue weighted by Gasteiger charge is 2.50. The topological polar surface area (TPSA) is 55.8 Å². The van der Waals surface area contributed by atoms with Gasteiger partial charge < -0.3 is 9.47 Å². The van der Waals surface area contributed by atoms with E-state index in [2.05, 4.69) is 4.90 Å². The van der Waals surface area contributed by atoms with Crippen molar-refractivity contribution in [2.75, 3.05) is 14.2 Å². The Bertz CT molecular complexity index is 603. The highest BCUT2D eigenvalue weighted by molar-refractivity contribution is 5.89. The van der Waals surface area contributed by atoms with E-state index in [1.165, 1.54) is 31.4 Å². The first-order chi connectivity index (χ1) is 11.0. The lowest BCUT2D eigenvalue weighted by Gasteiger charge is -2.40. The molecule has 124 valence electrons. The molecule has 0 N–H and O–H groups in total. The summed E-state index contributed by atoms with van der Waals surface area (Å²) in [6, 6.07) is 5.54. The maximum absolute atomic E-state index is 13.0. The maximum atomic E-state index is 13.0. The summed E-state index contributed by atoms with van der Waals surface area (Å²) in [4.78, 5) is 26.7. The zero-order chi connectivity index (χ0) is 16.6. The number of ether oxygens (including phenoxy) is 2. The Morgan fingerprint density at radius 1 is 1.22 bits per heavy atom. The first kappa shape index (κ1) is 15.9. The van der Waals surface area contributed by atoms with Crippen LogP contribution in [0.5, 0.6) is 0 Å². The number of carbonyl (C=O) groups excluding carboxylic acids is 2. The van der Waals surface area contributed by atoms with E-state index >= 15 is 0 Å². The molecular weight excluding hydrogens is 301 g/mol. The number of benzene rings is 1.